The molecule has 0 radical (unpaired) electrons. The Morgan fingerprint density at radius 3 is 2.51 bits per heavy atom. The molecule has 2 saturated heterocycles. The Hall–Kier alpha value is -3.07. The van der Waals surface area contributed by atoms with Crippen molar-refractivity contribution in [1.82, 2.24) is 15.0 Å². The zero-order chi connectivity index (χ0) is 27.4. The van der Waals surface area contributed by atoms with Crippen LogP contribution in [0.15, 0.2) is 53.1 Å². The molecule has 3 aromatic rings. The van der Waals surface area contributed by atoms with Crippen molar-refractivity contribution in [2.24, 2.45) is 5.41 Å². The predicted octanol–water partition coefficient (Wildman–Crippen LogP) is 5.51. The number of hydrogen-bond acceptors (Lipinski definition) is 6. The third-order valence-corrected chi connectivity index (χ3v) is 7.98. The summed E-state index contributed by atoms with van der Waals surface area (Å²) in [7, 11) is 0. The minimum absolute atomic E-state index is 0.0465. The monoisotopic (exact) mass is 571 g/mol. The van der Waals surface area contributed by atoms with Gasteiger partial charge in [0, 0.05) is 48.6 Å². The van der Waals surface area contributed by atoms with Crippen LogP contribution in [0.1, 0.15) is 35.4 Å². The number of ether oxygens (including phenoxy) is 2. The Bertz CT molecular complexity index is 1320. The molecule has 0 aliphatic carbocycles. The van der Waals surface area contributed by atoms with Crippen LogP contribution in [-0.2, 0) is 9.53 Å². The average molecular weight is 572 g/mol. The smallest absolute Gasteiger partial charge is 0.259 e. The number of aromatic nitrogens is 1. The molecule has 0 bridgehead atoms. The fourth-order valence-electron chi connectivity index (χ4n) is 5.33. The molecule has 0 spiro atoms. The molecule has 2 aliphatic heterocycles. The number of aryl methyl sites for hydroxylation is 1. The van der Waals surface area contributed by atoms with Gasteiger partial charge in [-0.05, 0) is 50.1 Å². The molecule has 2 fully saturated rings. The van der Waals surface area contributed by atoms with Gasteiger partial charge in [-0.2, -0.15) is 0 Å². The van der Waals surface area contributed by atoms with Crippen LogP contribution >= 0.6 is 23.2 Å². The standard InChI is InChI=1S/C29H31Cl2N3O5/c1-20-26(27(32-39-20)23-5-2-3-6-24(23)31)28(36)34-12-4-11-29(18-34,17-25(35)33-13-15-37-16-14-33)19-38-22-9-7-21(30)8-10-22/h2-3,5-10H,4,11-19H2,1H3/t29-/m0/s1. The van der Waals surface area contributed by atoms with E-state index in [0.717, 1.165) is 12.8 Å². The molecule has 10 heteroatoms. The number of carbonyl (C=O) groups is 2. The molecule has 1 aromatic heterocycles. The SMILES string of the molecule is Cc1onc(-c2ccccc2Cl)c1C(=O)N1CCC[C@](COc2ccc(Cl)cc2)(CC(=O)N2CCOCC2)C1. The minimum Gasteiger partial charge on any atom is -0.493 e. The number of morpholine rings is 1. The highest BCUT2D eigenvalue weighted by atomic mass is 35.5. The molecule has 2 aliphatic rings. The van der Waals surface area contributed by atoms with Crippen LogP contribution in [0.2, 0.25) is 10.0 Å². The number of nitrogens with zero attached hydrogens (tertiary/aromatic N) is 3. The van der Waals surface area contributed by atoms with E-state index in [1.165, 1.54) is 0 Å². The zero-order valence-electron chi connectivity index (χ0n) is 21.8. The van der Waals surface area contributed by atoms with Gasteiger partial charge in [-0.3, -0.25) is 9.59 Å². The van der Waals surface area contributed by atoms with E-state index in [4.69, 9.17) is 37.2 Å². The van der Waals surface area contributed by atoms with Crippen molar-refractivity contribution in [2.75, 3.05) is 46.0 Å². The van der Waals surface area contributed by atoms with Gasteiger partial charge in [-0.15, -0.1) is 0 Å². The van der Waals surface area contributed by atoms with Crippen LogP contribution in [0, 0.1) is 12.3 Å². The van der Waals surface area contributed by atoms with E-state index in [1.807, 2.05) is 35.2 Å². The summed E-state index contributed by atoms with van der Waals surface area (Å²) < 4.78 is 17.1. The van der Waals surface area contributed by atoms with E-state index in [-0.39, 0.29) is 24.8 Å². The number of piperidine rings is 1. The Morgan fingerprint density at radius 1 is 1.03 bits per heavy atom. The van der Waals surface area contributed by atoms with Crippen molar-refractivity contribution in [1.29, 1.82) is 0 Å². The van der Waals surface area contributed by atoms with Crippen LogP contribution < -0.4 is 4.74 Å². The van der Waals surface area contributed by atoms with E-state index >= 15 is 0 Å². The molecular weight excluding hydrogens is 541 g/mol. The second-order valence-corrected chi connectivity index (χ2v) is 11.0. The van der Waals surface area contributed by atoms with Crippen LogP contribution in [0.3, 0.4) is 0 Å². The van der Waals surface area contributed by atoms with Gasteiger partial charge >= 0.3 is 0 Å². The molecular formula is C29H31Cl2N3O5. The van der Waals surface area contributed by atoms with Crippen molar-refractivity contribution < 1.29 is 23.6 Å². The number of amides is 2. The summed E-state index contributed by atoms with van der Waals surface area (Å²) >= 11 is 12.5. The van der Waals surface area contributed by atoms with Crippen molar-refractivity contribution >= 4 is 35.0 Å². The van der Waals surface area contributed by atoms with Crippen LogP contribution in [-0.4, -0.2) is 72.8 Å². The summed E-state index contributed by atoms with van der Waals surface area (Å²) in [6, 6.07) is 14.4. The first-order valence-corrected chi connectivity index (χ1v) is 13.9. The lowest BCUT2D eigenvalue weighted by molar-refractivity contribution is -0.139. The van der Waals surface area contributed by atoms with Crippen molar-refractivity contribution in [2.45, 2.75) is 26.2 Å². The maximum absolute atomic E-state index is 14.0. The highest BCUT2D eigenvalue weighted by molar-refractivity contribution is 6.33. The van der Waals surface area contributed by atoms with E-state index in [2.05, 4.69) is 5.16 Å². The molecule has 8 nitrogen and oxygen atoms in total. The third-order valence-electron chi connectivity index (χ3n) is 7.40. The second-order valence-electron chi connectivity index (χ2n) is 10.2. The van der Waals surface area contributed by atoms with Crippen LogP contribution in [0.4, 0.5) is 0 Å². The van der Waals surface area contributed by atoms with Gasteiger partial charge in [-0.25, -0.2) is 0 Å². The predicted molar refractivity (Wildman–Crippen MR) is 148 cm³/mol. The largest absolute Gasteiger partial charge is 0.493 e. The molecule has 2 aromatic carbocycles. The van der Waals surface area contributed by atoms with Gasteiger partial charge in [0.15, 0.2) is 0 Å². The Kier molecular flexibility index (Phi) is 8.45. The number of likely N-dealkylation sites (tertiary alicyclic amines) is 1. The van der Waals surface area contributed by atoms with Gasteiger partial charge in [0.1, 0.15) is 22.8 Å². The molecule has 0 N–H and O–H groups in total. The normalized spacial score (nSPS) is 19.7. The lowest BCUT2D eigenvalue weighted by Crippen LogP contribution is -2.52. The molecule has 5 rings (SSSR count). The lowest BCUT2D eigenvalue weighted by atomic mass is 9.77. The van der Waals surface area contributed by atoms with Gasteiger partial charge in [0.05, 0.1) is 24.8 Å². The number of benzene rings is 2. The fraction of sp³-hybridized carbons (Fsp3) is 0.414. The molecule has 39 heavy (non-hydrogen) atoms. The van der Waals surface area contributed by atoms with Gasteiger partial charge in [-0.1, -0.05) is 46.6 Å². The van der Waals surface area contributed by atoms with Crippen LogP contribution in [0.25, 0.3) is 11.3 Å². The zero-order valence-corrected chi connectivity index (χ0v) is 23.3. The summed E-state index contributed by atoms with van der Waals surface area (Å²) in [6.07, 6.45) is 1.75. The molecule has 2 amide bonds. The lowest BCUT2D eigenvalue weighted by Gasteiger charge is -2.43. The van der Waals surface area contributed by atoms with E-state index in [0.29, 0.717) is 77.8 Å². The van der Waals surface area contributed by atoms with Crippen molar-refractivity contribution in [3.63, 3.8) is 0 Å². The van der Waals surface area contributed by atoms with Gasteiger partial charge in [0.25, 0.3) is 5.91 Å². The number of rotatable bonds is 7. The number of halogens is 2. The average Bonchev–Trinajstić information content (AvgIpc) is 3.34. The highest BCUT2D eigenvalue weighted by Crippen LogP contribution is 2.38. The molecule has 1 atom stereocenters. The summed E-state index contributed by atoms with van der Waals surface area (Å²) in [5, 5.41) is 5.28. The first kappa shape index (κ1) is 27.5. The van der Waals surface area contributed by atoms with Crippen LogP contribution in [0.5, 0.6) is 5.75 Å². The molecule has 3 heterocycles. The number of carbonyl (C=O) groups excluding carboxylic acids is 2. The number of hydrogen-bond donors (Lipinski definition) is 0. The fourth-order valence-corrected chi connectivity index (χ4v) is 5.68. The molecule has 0 saturated carbocycles. The summed E-state index contributed by atoms with van der Waals surface area (Å²) in [5.74, 6) is 0.938. The topological polar surface area (TPSA) is 85.1 Å². The Balaban J connectivity index is 1.41. The second kappa shape index (κ2) is 12.0. The summed E-state index contributed by atoms with van der Waals surface area (Å²) in [4.78, 5) is 31.0. The molecule has 206 valence electrons. The van der Waals surface area contributed by atoms with Crippen molar-refractivity contribution in [3.05, 3.63) is 69.9 Å². The van der Waals surface area contributed by atoms with Gasteiger partial charge in [0.2, 0.25) is 5.91 Å². The Labute approximate surface area is 237 Å². The van der Waals surface area contributed by atoms with E-state index in [9.17, 15) is 9.59 Å². The maximum atomic E-state index is 14.0. The van der Waals surface area contributed by atoms with E-state index in [1.54, 1.807) is 30.0 Å². The molecule has 0 unspecified atom stereocenters. The van der Waals surface area contributed by atoms with Crippen molar-refractivity contribution in [3.8, 4) is 17.0 Å². The minimum atomic E-state index is -0.571. The van der Waals surface area contributed by atoms with Gasteiger partial charge < -0.3 is 23.8 Å². The summed E-state index contributed by atoms with van der Waals surface area (Å²) in [5.41, 5.74) is 0.868. The quantitative estimate of drug-likeness (QED) is 0.372. The Morgan fingerprint density at radius 2 is 1.77 bits per heavy atom. The first-order valence-electron chi connectivity index (χ1n) is 13.1. The highest BCUT2D eigenvalue weighted by Gasteiger charge is 2.42. The summed E-state index contributed by atoms with van der Waals surface area (Å²) in [6.45, 7) is 5.12. The first-order chi connectivity index (χ1) is 18.8. The maximum Gasteiger partial charge on any atom is 0.259 e. The van der Waals surface area contributed by atoms with E-state index < -0.39 is 5.41 Å². The third kappa shape index (κ3) is 6.24.